The summed E-state index contributed by atoms with van der Waals surface area (Å²) in [6.45, 7) is 0. The van der Waals surface area contributed by atoms with E-state index in [-0.39, 0.29) is 0 Å². The molecule has 6 heteroatoms. The monoisotopic (exact) mass is 401 g/mol. The fourth-order valence-corrected chi connectivity index (χ4v) is 2.43. The quantitative estimate of drug-likeness (QED) is 0.441. The van der Waals surface area contributed by atoms with Crippen molar-refractivity contribution in [3.05, 3.63) is 50.4 Å². The van der Waals surface area contributed by atoms with Gasteiger partial charge in [-0.25, -0.2) is 9.97 Å². The van der Waals surface area contributed by atoms with E-state index in [1.54, 1.807) is 6.20 Å². The highest BCUT2D eigenvalue weighted by Gasteiger charge is 2.13. The molecule has 0 amide bonds. The lowest BCUT2D eigenvalue weighted by Gasteiger charge is -2.06. The predicted octanol–water partition coefficient (Wildman–Crippen LogP) is 4.60. The summed E-state index contributed by atoms with van der Waals surface area (Å²) in [6.07, 6.45) is 1.72. The first-order valence-corrected chi connectivity index (χ1v) is 7.23. The molecule has 0 aliphatic heterocycles. The van der Waals surface area contributed by atoms with Crippen LogP contribution in [-0.4, -0.2) is 15.0 Å². The molecule has 2 aromatic heterocycles. The Labute approximate surface area is 133 Å². The number of rotatable bonds is 1. The first-order chi connectivity index (χ1) is 9.16. The molecule has 2 heterocycles. The Morgan fingerprint density at radius 3 is 2.37 bits per heavy atom. The van der Waals surface area contributed by atoms with Gasteiger partial charge in [0.25, 0.3) is 0 Å². The summed E-state index contributed by atoms with van der Waals surface area (Å²) in [6, 6.07) is 9.84. The normalized spacial score (nSPS) is 10.9. The van der Waals surface area contributed by atoms with E-state index in [4.69, 9.17) is 23.2 Å². The molecule has 3 nitrogen and oxygen atoms in total. The maximum absolute atomic E-state index is 6.05. The molecule has 0 fully saturated rings. The second kappa shape index (κ2) is 5.19. The summed E-state index contributed by atoms with van der Waals surface area (Å²) in [5.74, 6) is 0.437. The molecule has 1 aromatic carbocycles. The van der Waals surface area contributed by atoms with E-state index in [0.29, 0.717) is 25.4 Å². The molecular weight excluding hydrogens is 396 g/mol. The minimum absolute atomic E-state index is 0.338. The third kappa shape index (κ3) is 2.40. The summed E-state index contributed by atoms with van der Waals surface area (Å²) in [5.41, 5.74) is 0.679. The molecule has 0 N–H and O–H groups in total. The summed E-state index contributed by atoms with van der Waals surface area (Å²) in [5, 5.41) is 2.72. The van der Waals surface area contributed by atoms with Crippen molar-refractivity contribution < 1.29 is 0 Å². The van der Waals surface area contributed by atoms with Gasteiger partial charge in [0, 0.05) is 11.6 Å². The molecule has 94 valence electrons. The molecular formula is C13H6Cl2IN3. The number of halogens is 3. The van der Waals surface area contributed by atoms with Gasteiger partial charge in [-0.05, 0) is 34.0 Å². The highest BCUT2D eigenvalue weighted by atomic mass is 127. The zero-order chi connectivity index (χ0) is 13.4. The van der Waals surface area contributed by atoms with Crippen LogP contribution < -0.4 is 0 Å². The van der Waals surface area contributed by atoms with Gasteiger partial charge in [0.05, 0.1) is 3.57 Å². The maximum atomic E-state index is 6.05. The SMILES string of the molecule is Clc1nc(-c2nccc3ccccc23)nc(Cl)c1I. The van der Waals surface area contributed by atoms with Crippen molar-refractivity contribution in [1.29, 1.82) is 0 Å². The van der Waals surface area contributed by atoms with Crippen LogP contribution in [0.5, 0.6) is 0 Å². The minimum atomic E-state index is 0.338. The fourth-order valence-electron chi connectivity index (χ4n) is 1.80. The number of benzene rings is 1. The van der Waals surface area contributed by atoms with Crippen LogP contribution in [0.4, 0.5) is 0 Å². The summed E-state index contributed by atoms with van der Waals surface area (Å²) < 4.78 is 0.643. The predicted molar refractivity (Wildman–Crippen MR) is 85.5 cm³/mol. The number of pyridine rings is 1. The lowest BCUT2D eigenvalue weighted by molar-refractivity contribution is 1.13. The van der Waals surface area contributed by atoms with Crippen LogP contribution in [0.3, 0.4) is 0 Å². The first-order valence-electron chi connectivity index (χ1n) is 5.39. The number of aromatic nitrogens is 3. The third-order valence-electron chi connectivity index (χ3n) is 2.66. The maximum Gasteiger partial charge on any atom is 0.181 e. The van der Waals surface area contributed by atoms with Crippen LogP contribution in [0.1, 0.15) is 0 Å². The first kappa shape index (κ1) is 13.0. The number of hydrogen-bond donors (Lipinski definition) is 0. The Bertz CT molecular complexity index is 748. The average molecular weight is 402 g/mol. The van der Waals surface area contributed by atoms with Crippen molar-refractivity contribution in [2.45, 2.75) is 0 Å². The highest BCUT2D eigenvalue weighted by Crippen LogP contribution is 2.29. The zero-order valence-corrected chi connectivity index (χ0v) is 13.1. The highest BCUT2D eigenvalue weighted by molar-refractivity contribution is 14.1. The van der Waals surface area contributed by atoms with Crippen molar-refractivity contribution in [3.8, 4) is 11.5 Å². The molecule has 0 spiro atoms. The Kier molecular flexibility index (Phi) is 3.56. The van der Waals surface area contributed by atoms with Gasteiger partial charge < -0.3 is 0 Å². The van der Waals surface area contributed by atoms with Gasteiger partial charge in [-0.3, -0.25) is 4.98 Å². The van der Waals surface area contributed by atoms with E-state index < -0.39 is 0 Å². The Morgan fingerprint density at radius 1 is 0.947 bits per heavy atom. The molecule has 3 aromatic rings. The number of fused-ring (bicyclic) bond motifs is 1. The van der Waals surface area contributed by atoms with E-state index in [1.807, 2.05) is 52.9 Å². The molecule has 0 aliphatic carbocycles. The van der Waals surface area contributed by atoms with Crippen molar-refractivity contribution in [2.24, 2.45) is 0 Å². The van der Waals surface area contributed by atoms with E-state index in [1.165, 1.54) is 0 Å². The van der Waals surface area contributed by atoms with Crippen LogP contribution in [0.2, 0.25) is 10.3 Å². The second-order valence-corrected chi connectivity index (χ2v) is 5.62. The molecule has 19 heavy (non-hydrogen) atoms. The lowest BCUT2D eigenvalue weighted by Crippen LogP contribution is -1.96. The van der Waals surface area contributed by atoms with Crippen LogP contribution in [0.25, 0.3) is 22.3 Å². The van der Waals surface area contributed by atoms with Crippen molar-refractivity contribution >= 4 is 56.6 Å². The number of nitrogens with zero attached hydrogens (tertiary/aromatic N) is 3. The van der Waals surface area contributed by atoms with Crippen molar-refractivity contribution in [2.75, 3.05) is 0 Å². The zero-order valence-electron chi connectivity index (χ0n) is 9.44. The molecule has 0 unspecified atom stereocenters. The van der Waals surface area contributed by atoms with E-state index in [9.17, 15) is 0 Å². The second-order valence-electron chi connectivity index (χ2n) is 3.82. The van der Waals surface area contributed by atoms with Crippen molar-refractivity contribution in [3.63, 3.8) is 0 Å². The smallest absolute Gasteiger partial charge is 0.181 e. The molecule has 0 aliphatic rings. The Balaban J connectivity index is 2.31. The molecule has 0 saturated carbocycles. The summed E-state index contributed by atoms with van der Waals surface area (Å²) in [7, 11) is 0. The summed E-state index contributed by atoms with van der Waals surface area (Å²) in [4.78, 5) is 12.9. The van der Waals surface area contributed by atoms with Crippen molar-refractivity contribution in [1.82, 2.24) is 15.0 Å². The average Bonchev–Trinajstić information content (AvgIpc) is 2.43. The Hall–Kier alpha value is -0.980. The molecule has 0 bridgehead atoms. The van der Waals surface area contributed by atoms with E-state index in [2.05, 4.69) is 15.0 Å². The minimum Gasteiger partial charge on any atom is -0.252 e. The topological polar surface area (TPSA) is 38.7 Å². The van der Waals surface area contributed by atoms with Gasteiger partial charge >= 0.3 is 0 Å². The third-order valence-corrected chi connectivity index (χ3v) is 4.86. The van der Waals surface area contributed by atoms with Gasteiger partial charge in [-0.15, -0.1) is 0 Å². The van der Waals surface area contributed by atoms with Gasteiger partial charge in [-0.2, -0.15) is 0 Å². The van der Waals surface area contributed by atoms with Crippen LogP contribution in [-0.2, 0) is 0 Å². The van der Waals surface area contributed by atoms with Gasteiger partial charge in [0.2, 0.25) is 0 Å². The van der Waals surface area contributed by atoms with Gasteiger partial charge in [-0.1, -0.05) is 47.5 Å². The van der Waals surface area contributed by atoms with Crippen LogP contribution in [0, 0.1) is 3.57 Å². The fraction of sp³-hybridized carbons (Fsp3) is 0. The molecule has 3 rings (SSSR count). The number of hydrogen-bond acceptors (Lipinski definition) is 3. The largest absolute Gasteiger partial charge is 0.252 e. The standard InChI is InChI=1S/C13H6Cl2IN3/c14-11-9(16)12(15)19-13(18-11)10-8-4-2-1-3-7(8)5-6-17-10/h1-6H. The molecule has 0 atom stereocenters. The molecule has 0 saturated heterocycles. The van der Waals surface area contributed by atoms with Crippen LogP contribution in [0.15, 0.2) is 36.5 Å². The Morgan fingerprint density at radius 2 is 1.63 bits per heavy atom. The van der Waals surface area contributed by atoms with Gasteiger partial charge in [0.15, 0.2) is 5.82 Å². The molecule has 0 radical (unpaired) electrons. The van der Waals surface area contributed by atoms with E-state index >= 15 is 0 Å². The lowest BCUT2D eigenvalue weighted by atomic mass is 10.1. The van der Waals surface area contributed by atoms with E-state index in [0.717, 1.165) is 10.8 Å². The van der Waals surface area contributed by atoms with Crippen LogP contribution >= 0.6 is 45.8 Å². The summed E-state index contributed by atoms with van der Waals surface area (Å²) >= 11 is 14.1. The van der Waals surface area contributed by atoms with Gasteiger partial charge in [0.1, 0.15) is 16.0 Å².